The third kappa shape index (κ3) is 2.41. The Labute approximate surface area is 111 Å². The zero-order valence-corrected chi connectivity index (χ0v) is 11.3. The number of ketones is 1. The summed E-state index contributed by atoms with van der Waals surface area (Å²) in [5.74, 6) is -2.33. The van der Waals surface area contributed by atoms with Crippen molar-refractivity contribution in [2.75, 3.05) is 7.11 Å². The van der Waals surface area contributed by atoms with Gasteiger partial charge in [-0.1, -0.05) is 13.8 Å². The van der Waals surface area contributed by atoms with Crippen LogP contribution in [0, 0.1) is 17.3 Å². The quantitative estimate of drug-likeness (QED) is 0.556. The maximum Gasteiger partial charge on any atom is 0.331 e. The number of ether oxygens (including phenoxy) is 2. The van der Waals surface area contributed by atoms with Crippen molar-refractivity contribution in [1.29, 1.82) is 0 Å². The van der Waals surface area contributed by atoms with Crippen molar-refractivity contribution in [2.24, 2.45) is 17.3 Å². The van der Waals surface area contributed by atoms with E-state index in [9.17, 15) is 14.4 Å². The Morgan fingerprint density at radius 3 is 2.63 bits per heavy atom. The molecule has 1 aliphatic carbocycles. The third-order valence-corrected chi connectivity index (χ3v) is 4.11. The van der Waals surface area contributed by atoms with E-state index in [0.29, 0.717) is 12.8 Å². The zero-order valence-electron chi connectivity index (χ0n) is 11.3. The minimum Gasteiger partial charge on any atom is -0.468 e. The fourth-order valence-corrected chi connectivity index (χ4v) is 3.04. The van der Waals surface area contributed by atoms with E-state index in [1.807, 2.05) is 13.8 Å². The number of cyclic esters (lactones) is 1. The summed E-state index contributed by atoms with van der Waals surface area (Å²) < 4.78 is 9.95. The van der Waals surface area contributed by atoms with Gasteiger partial charge in [0, 0.05) is 18.4 Å². The van der Waals surface area contributed by atoms with Crippen molar-refractivity contribution in [3.63, 3.8) is 0 Å². The molecule has 19 heavy (non-hydrogen) atoms. The lowest BCUT2D eigenvalue weighted by atomic mass is 9.61. The second kappa shape index (κ2) is 4.79. The lowest BCUT2D eigenvalue weighted by Crippen LogP contribution is -2.49. The van der Waals surface area contributed by atoms with Gasteiger partial charge < -0.3 is 9.47 Å². The van der Waals surface area contributed by atoms with Crippen LogP contribution in [0.4, 0.5) is 0 Å². The number of rotatable bonds is 2. The number of methoxy groups -OCH3 is 1. The molecule has 1 saturated carbocycles. The van der Waals surface area contributed by atoms with Crippen LogP contribution in [0.1, 0.15) is 26.7 Å². The van der Waals surface area contributed by atoms with Gasteiger partial charge in [0.2, 0.25) is 0 Å². The van der Waals surface area contributed by atoms with E-state index in [2.05, 4.69) is 0 Å². The highest BCUT2D eigenvalue weighted by Gasteiger charge is 2.52. The molecule has 2 rings (SSSR count). The summed E-state index contributed by atoms with van der Waals surface area (Å²) in [5.41, 5.74) is -0.271. The van der Waals surface area contributed by atoms with Crippen LogP contribution < -0.4 is 0 Å². The van der Waals surface area contributed by atoms with Crippen LogP contribution in [-0.4, -0.2) is 30.9 Å². The Balaban J connectivity index is 2.35. The summed E-state index contributed by atoms with van der Waals surface area (Å²) in [6.07, 6.45) is 3.47. The first kappa shape index (κ1) is 13.8. The molecule has 1 heterocycles. The van der Waals surface area contributed by atoms with Gasteiger partial charge in [-0.3, -0.25) is 9.59 Å². The molecule has 1 fully saturated rings. The molecule has 5 nitrogen and oxygen atoms in total. The number of hydrogen-bond donors (Lipinski definition) is 0. The van der Waals surface area contributed by atoms with Gasteiger partial charge in [0.1, 0.15) is 17.8 Å². The Hall–Kier alpha value is -1.65. The van der Waals surface area contributed by atoms with Crippen LogP contribution in [0.5, 0.6) is 0 Å². The number of hydrogen-bond acceptors (Lipinski definition) is 5. The van der Waals surface area contributed by atoms with Crippen LogP contribution in [0.25, 0.3) is 0 Å². The average Bonchev–Trinajstić information content (AvgIpc) is 2.77. The monoisotopic (exact) mass is 266 g/mol. The van der Waals surface area contributed by atoms with Gasteiger partial charge in [-0.15, -0.1) is 0 Å². The van der Waals surface area contributed by atoms with Gasteiger partial charge in [-0.05, 0) is 17.9 Å². The lowest BCUT2D eigenvalue weighted by molar-refractivity contribution is -0.165. The SMILES string of the molecule is COC(=O)C1C(=O)CCC(C)(C)C1C1C=CC(=O)O1. The Morgan fingerprint density at radius 2 is 2.11 bits per heavy atom. The van der Waals surface area contributed by atoms with Crippen molar-refractivity contribution in [2.45, 2.75) is 32.8 Å². The molecule has 104 valence electrons. The van der Waals surface area contributed by atoms with Gasteiger partial charge in [-0.25, -0.2) is 4.79 Å². The van der Waals surface area contributed by atoms with Crippen molar-refractivity contribution in [3.05, 3.63) is 12.2 Å². The molecule has 0 aromatic heterocycles. The Morgan fingerprint density at radius 1 is 1.42 bits per heavy atom. The van der Waals surface area contributed by atoms with E-state index in [-0.39, 0.29) is 17.1 Å². The molecule has 3 unspecified atom stereocenters. The first-order valence-electron chi connectivity index (χ1n) is 6.36. The van der Waals surface area contributed by atoms with E-state index >= 15 is 0 Å². The number of Topliss-reactive ketones (excluding diaryl/α,β-unsaturated/α-hetero) is 1. The topological polar surface area (TPSA) is 69.7 Å². The van der Waals surface area contributed by atoms with E-state index in [0.717, 1.165) is 0 Å². The van der Waals surface area contributed by atoms with Crippen molar-refractivity contribution >= 4 is 17.7 Å². The highest BCUT2D eigenvalue weighted by molar-refractivity contribution is 6.00. The predicted molar refractivity (Wildman–Crippen MR) is 66.0 cm³/mol. The molecule has 0 aromatic rings. The molecule has 2 aliphatic rings. The van der Waals surface area contributed by atoms with Gasteiger partial charge in [-0.2, -0.15) is 0 Å². The average molecular weight is 266 g/mol. The number of carbonyl (C=O) groups is 3. The summed E-state index contributed by atoms with van der Waals surface area (Å²) in [7, 11) is 1.27. The van der Waals surface area contributed by atoms with E-state index in [4.69, 9.17) is 9.47 Å². The summed E-state index contributed by atoms with van der Waals surface area (Å²) in [6.45, 7) is 3.97. The standard InChI is InChI=1S/C14H18O5/c1-14(2)7-6-8(15)11(13(17)18-3)12(14)9-4-5-10(16)19-9/h4-5,9,11-12H,6-7H2,1-3H3. The normalized spacial score (nSPS) is 33.1. The maximum absolute atomic E-state index is 12.1. The molecule has 5 heteroatoms. The minimum absolute atomic E-state index is 0.132. The molecule has 0 N–H and O–H groups in total. The molecule has 0 aromatic carbocycles. The highest BCUT2D eigenvalue weighted by atomic mass is 16.5. The van der Waals surface area contributed by atoms with Crippen molar-refractivity contribution in [1.82, 2.24) is 0 Å². The molecule has 0 radical (unpaired) electrons. The third-order valence-electron chi connectivity index (χ3n) is 4.11. The molecule has 0 saturated heterocycles. The zero-order chi connectivity index (χ0) is 14.2. The first-order valence-corrected chi connectivity index (χ1v) is 6.36. The van der Waals surface area contributed by atoms with E-state index in [1.165, 1.54) is 13.2 Å². The molecular weight excluding hydrogens is 248 g/mol. The molecule has 0 bridgehead atoms. The smallest absolute Gasteiger partial charge is 0.331 e. The fourth-order valence-electron chi connectivity index (χ4n) is 3.04. The molecular formula is C14H18O5. The summed E-state index contributed by atoms with van der Waals surface area (Å²) >= 11 is 0. The first-order chi connectivity index (χ1) is 8.86. The fraction of sp³-hybridized carbons (Fsp3) is 0.643. The van der Waals surface area contributed by atoms with Crippen LogP contribution in [0.3, 0.4) is 0 Å². The summed E-state index contributed by atoms with van der Waals surface area (Å²) in [5, 5.41) is 0. The second-order valence-electron chi connectivity index (χ2n) is 5.74. The maximum atomic E-state index is 12.1. The minimum atomic E-state index is -0.853. The van der Waals surface area contributed by atoms with Crippen molar-refractivity contribution < 1.29 is 23.9 Å². The van der Waals surface area contributed by atoms with Gasteiger partial charge in [0.05, 0.1) is 7.11 Å². The molecule has 3 atom stereocenters. The molecule has 0 spiro atoms. The lowest BCUT2D eigenvalue weighted by Gasteiger charge is -2.43. The van der Waals surface area contributed by atoms with Gasteiger partial charge in [0.15, 0.2) is 0 Å². The van der Waals surface area contributed by atoms with E-state index < -0.39 is 24.0 Å². The molecule has 0 amide bonds. The van der Waals surface area contributed by atoms with Gasteiger partial charge >= 0.3 is 11.9 Å². The number of carbonyl (C=O) groups excluding carboxylic acids is 3. The second-order valence-corrected chi connectivity index (χ2v) is 5.74. The number of esters is 2. The Bertz CT molecular complexity index is 441. The van der Waals surface area contributed by atoms with Crippen LogP contribution in [0.2, 0.25) is 0 Å². The summed E-state index contributed by atoms with van der Waals surface area (Å²) in [6, 6.07) is 0. The predicted octanol–water partition coefficient (Wildman–Crippen LogP) is 1.26. The highest BCUT2D eigenvalue weighted by Crippen LogP contribution is 2.46. The van der Waals surface area contributed by atoms with Crippen LogP contribution >= 0.6 is 0 Å². The largest absolute Gasteiger partial charge is 0.468 e. The van der Waals surface area contributed by atoms with Crippen molar-refractivity contribution in [3.8, 4) is 0 Å². The van der Waals surface area contributed by atoms with Crippen LogP contribution in [0.15, 0.2) is 12.2 Å². The van der Waals surface area contributed by atoms with Gasteiger partial charge in [0.25, 0.3) is 0 Å². The van der Waals surface area contributed by atoms with E-state index in [1.54, 1.807) is 6.08 Å². The Kier molecular flexibility index (Phi) is 3.47. The summed E-state index contributed by atoms with van der Waals surface area (Å²) in [4.78, 5) is 35.2. The molecule has 1 aliphatic heterocycles. The van der Waals surface area contributed by atoms with Crippen LogP contribution in [-0.2, 0) is 23.9 Å².